The van der Waals surface area contributed by atoms with Crippen molar-refractivity contribution >= 4 is 23.2 Å². The molecule has 0 atom stereocenters. The first kappa shape index (κ1) is 19.7. The van der Waals surface area contributed by atoms with Crippen molar-refractivity contribution in [2.75, 3.05) is 7.05 Å². The van der Waals surface area contributed by atoms with Crippen LogP contribution in [0.25, 0.3) is 10.8 Å². The first-order valence-electron chi connectivity index (χ1n) is 9.26. The lowest BCUT2D eigenvalue weighted by Crippen LogP contribution is -2.30. The van der Waals surface area contributed by atoms with Gasteiger partial charge in [-0.25, -0.2) is 4.98 Å². The minimum absolute atomic E-state index is 0.155. The molecule has 7 nitrogen and oxygen atoms in total. The van der Waals surface area contributed by atoms with Crippen LogP contribution in [0.1, 0.15) is 32.2 Å². The summed E-state index contributed by atoms with van der Waals surface area (Å²) in [5, 5.41) is 4.97. The second-order valence-electron chi connectivity index (χ2n) is 6.53. The summed E-state index contributed by atoms with van der Waals surface area (Å²) in [5.41, 5.74) is 1.80. The van der Waals surface area contributed by atoms with Gasteiger partial charge in [0, 0.05) is 24.5 Å². The summed E-state index contributed by atoms with van der Waals surface area (Å²) in [6, 6.07) is 14.3. The monoisotopic (exact) mass is 421 g/mol. The van der Waals surface area contributed by atoms with Gasteiger partial charge in [0.1, 0.15) is 11.5 Å². The van der Waals surface area contributed by atoms with Crippen molar-refractivity contribution in [2.45, 2.75) is 13.1 Å². The molecule has 0 saturated carbocycles. The molecule has 3 aromatic heterocycles. The quantitative estimate of drug-likeness (QED) is 0.483. The minimum atomic E-state index is -0.212. The van der Waals surface area contributed by atoms with E-state index in [1.165, 1.54) is 11.3 Å². The van der Waals surface area contributed by atoms with Crippen LogP contribution in [0, 0.1) is 0 Å². The smallest absolute Gasteiger partial charge is 0.274 e. The molecule has 0 aliphatic rings. The maximum Gasteiger partial charge on any atom is 0.274 e. The van der Waals surface area contributed by atoms with Gasteiger partial charge in [-0.05, 0) is 42.0 Å². The number of hydrogen-bond acceptors (Lipinski definition) is 6. The zero-order valence-corrected chi connectivity index (χ0v) is 17.0. The number of nitrogens with zero attached hydrogens (tertiary/aromatic N) is 2. The Bertz CT molecular complexity index is 1120. The Morgan fingerprint density at radius 1 is 1.03 bits per heavy atom. The molecule has 0 radical (unpaired) electrons. The van der Waals surface area contributed by atoms with Crippen LogP contribution in [0.4, 0.5) is 0 Å². The fourth-order valence-electron chi connectivity index (χ4n) is 2.96. The van der Waals surface area contributed by atoms with E-state index in [9.17, 15) is 9.59 Å². The van der Waals surface area contributed by atoms with Crippen LogP contribution < -0.4 is 5.32 Å². The highest BCUT2D eigenvalue weighted by Crippen LogP contribution is 2.25. The van der Waals surface area contributed by atoms with Crippen molar-refractivity contribution in [1.29, 1.82) is 0 Å². The largest absolute Gasteiger partial charge is 0.467 e. The highest BCUT2D eigenvalue weighted by Gasteiger charge is 2.21. The molecule has 0 aliphatic heterocycles. The minimum Gasteiger partial charge on any atom is -0.467 e. The van der Waals surface area contributed by atoms with E-state index in [0.717, 1.165) is 5.56 Å². The van der Waals surface area contributed by atoms with Gasteiger partial charge in [-0.15, -0.1) is 11.3 Å². The van der Waals surface area contributed by atoms with Crippen molar-refractivity contribution in [3.63, 3.8) is 0 Å². The average Bonchev–Trinajstić information content (AvgIpc) is 3.55. The summed E-state index contributed by atoms with van der Waals surface area (Å²) in [4.78, 5) is 31.1. The van der Waals surface area contributed by atoms with E-state index in [0.29, 0.717) is 40.9 Å². The van der Waals surface area contributed by atoms with Crippen molar-refractivity contribution in [3.8, 4) is 10.8 Å². The van der Waals surface area contributed by atoms with Gasteiger partial charge in [0.15, 0.2) is 10.8 Å². The summed E-state index contributed by atoms with van der Waals surface area (Å²) in [5.74, 6) is 0.932. The molecule has 2 amide bonds. The fraction of sp³-hybridized carbons (Fsp3) is 0.136. The molecule has 1 N–H and O–H groups in total. The molecular formula is C22H19N3O4S. The van der Waals surface area contributed by atoms with Gasteiger partial charge in [0.25, 0.3) is 11.8 Å². The molecule has 30 heavy (non-hydrogen) atoms. The Morgan fingerprint density at radius 3 is 2.47 bits per heavy atom. The zero-order chi connectivity index (χ0) is 20.9. The predicted molar refractivity (Wildman–Crippen MR) is 112 cm³/mol. The summed E-state index contributed by atoms with van der Waals surface area (Å²) in [6.07, 6.45) is 3.15. The number of nitrogens with one attached hydrogen (secondary N) is 1. The summed E-state index contributed by atoms with van der Waals surface area (Å²) < 4.78 is 10.8. The molecule has 8 heteroatoms. The molecule has 0 unspecified atom stereocenters. The lowest BCUT2D eigenvalue weighted by atomic mass is 10.1. The summed E-state index contributed by atoms with van der Waals surface area (Å²) in [7, 11) is 1.59. The Kier molecular flexibility index (Phi) is 5.76. The van der Waals surface area contributed by atoms with Gasteiger partial charge in [-0.2, -0.15) is 0 Å². The zero-order valence-electron chi connectivity index (χ0n) is 16.2. The molecule has 0 spiro atoms. The first-order valence-corrected chi connectivity index (χ1v) is 10.1. The van der Waals surface area contributed by atoms with E-state index in [2.05, 4.69) is 10.3 Å². The Labute approximate surface area is 177 Å². The average molecular weight is 421 g/mol. The number of rotatable bonds is 7. The van der Waals surface area contributed by atoms with Gasteiger partial charge in [0.05, 0.1) is 19.1 Å². The van der Waals surface area contributed by atoms with E-state index in [1.807, 2.05) is 24.3 Å². The number of carbonyl (C=O) groups is 2. The van der Waals surface area contributed by atoms with Crippen molar-refractivity contribution in [1.82, 2.24) is 15.2 Å². The van der Waals surface area contributed by atoms with Crippen LogP contribution in [0.5, 0.6) is 0 Å². The first-order chi connectivity index (χ1) is 14.6. The van der Waals surface area contributed by atoms with Crippen LogP contribution in [0.15, 0.2) is 75.3 Å². The molecule has 0 fully saturated rings. The Morgan fingerprint density at radius 2 is 1.80 bits per heavy atom. The molecule has 152 valence electrons. The van der Waals surface area contributed by atoms with E-state index >= 15 is 0 Å². The number of carbonyl (C=O) groups excluding carboxylic acids is 2. The van der Waals surface area contributed by atoms with E-state index in [-0.39, 0.29) is 11.8 Å². The highest BCUT2D eigenvalue weighted by molar-refractivity contribution is 7.13. The fourth-order valence-corrected chi connectivity index (χ4v) is 3.72. The highest BCUT2D eigenvalue weighted by atomic mass is 32.1. The van der Waals surface area contributed by atoms with Crippen molar-refractivity contribution in [2.24, 2.45) is 0 Å². The van der Waals surface area contributed by atoms with Crippen LogP contribution in [0.3, 0.4) is 0 Å². The van der Waals surface area contributed by atoms with Crippen molar-refractivity contribution in [3.05, 3.63) is 89.0 Å². The predicted octanol–water partition coefficient (Wildman–Crippen LogP) is 4.20. The molecule has 0 bridgehead atoms. The van der Waals surface area contributed by atoms with E-state index in [4.69, 9.17) is 8.83 Å². The van der Waals surface area contributed by atoms with Crippen LogP contribution >= 0.6 is 11.3 Å². The molecule has 4 aromatic rings. The molecule has 0 aliphatic carbocycles. The third-order valence-electron chi connectivity index (χ3n) is 4.49. The maximum atomic E-state index is 13.2. The van der Waals surface area contributed by atoms with E-state index in [1.54, 1.807) is 54.1 Å². The Hall–Kier alpha value is -3.65. The number of benzene rings is 1. The third kappa shape index (κ3) is 4.33. The van der Waals surface area contributed by atoms with Crippen LogP contribution in [-0.2, 0) is 13.1 Å². The number of hydrogen-bond donors (Lipinski definition) is 1. The van der Waals surface area contributed by atoms with Gasteiger partial charge in [-0.3, -0.25) is 9.59 Å². The number of aromatic nitrogens is 1. The SMILES string of the molecule is CNC(=O)c1ccc(CN(Cc2ccco2)C(=O)c2csc(-c3ccco3)n2)cc1. The standard InChI is InChI=1S/C22H19N3O4S/c1-23-20(26)16-8-6-15(7-9-16)12-25(13-17-4-2-10-28-17)22(27)18-14-30-21(24-18)19-5-3-11-29-19/h2-11,14H,12-13H2,1H3,(H,23,26). The number of furan rings is 2. The van der Waals surface area contributed by atoms with Crippen LogP contribution in [0.2, 0.25) is 0 Å². The maximum absolute atomic E-state index is 13.2. The summed E-state index contributed by atoms with van der Waals surface area (Å²) >= 11 is 1.35. The lowest BCUT2D eigenvalue weighted by Gasteiger charge is -2.21. The normalized spacial score (nSPS) is 10.7. The second kappa shape index (κ2) is 8.79. The topological polar surface area (TPSA) is 88.6 Å². The van der Waals surface area contributed by atoms with Gasteiger partial charge in [0.2, 0.25) is 0 Å². The van der Waals surface area contributed by atoms with Crippen LogP contribution in [-0.4, -0.2) is 28.7 Å². The van der Waals surface area contributed by atoms with Gasteiger partial charge < -0.3 is 19.1 Å². The number of amides is 2. The second-order valence-corrected chi connectivity index (χ2v) is 7.39. The van der Waals surface area contributed by atoms with Gasteiger partial charge in [-0.1, -0.05) is 12.1 Å². The summed E-state index contributed by atoms with van der Waals surface area (Å²) in [6.45, 7) is 0.651. The molecule has 0 saturated heterocycles. The molecule has 3 heterocycles. The van der Waals surface area contributed by atoms with E-state index < -0.39 is 0 Å². The van der Waals surface area contributed by atoms with Gasteiger partial charge >= 0.3 is 0 Å². The van der Waals surface area contributed by atoms with Crippen molar-refractivity contribution < 1.29 is 18.4 Å². The Balaban J connectivity index is 1.56. The third-order valence-corrected chi connectivity index (χ3v) is 5.34. The molecule has 1 aromatic carbocycles. The molecule has 4 rings (SSSR count). The number of thiazole rings is 1. The lowest BCUT2D eigenvalue weighted by molar-refractivity contribution is 0.0712. The molecular weight excluding hydrogens is 402 g/mol.